The number of nitrogens with zero attached hydrogens (tertiary/aromatic N) is 2. The number of nitro groups is 2. The number of hydrogen-bond donors (Lipinski definition) is 0. The van der Waals surface area contributed by atoms with Crippen molar-refractivity contribution in [2.75, 3.05) is 0 Å². The average molecular weight is 463 g/mol. The molecule has 32 heavy (non-hydrogen) atoms. The minimum atomic E-state index is -0.448. The van der Waals surface area contributed by atoms with Gasteiger partial charge in [0.1, 0.15) is 0 Å². The van der Waals surface area contributed by atoms with E-state index in [0.717, 1.165) is 11.1 Å². The Bertz CT molecular complexity index is 1180. The third-order valence-corrected chi connectivity index (χ3v) is 7.15. The molecule has 0 N–H and O–H groups in total. The van der Waals surface area contributed by atoms with Crippen LogP contribution < -0.4 is 0 Å². The summed E-state index contributed by atoms with van der Waals surface area (Å²) in [5.74, 6) is 1.14. The maximum absolute atomic E-state index is 11.9. The minimum Gasteiger partial charge on any atom is -0.258 e. The standard InChI is InChI=1S/C24H18N2O4S2/c27-25(28)23-19-12-14-22(32-16-18-9-5-2-6-10-18)24(26(29)30)20(19)11-13-21(23)31-15-17-7-3-1-4-8-17/h1-14H,15-16H2. The molecule has 0 amide bonds. The average Bonchev–Trinajstić information content (AvgIpc) is 2.81. The zero-order valence-corrected chi connectivity index (χ0v) is 18.5. The number of rotatable bonds is 8. The molecule has 0 saturated carbocycles. The van der Waals surface area contributed by atoms with Crippen LogP contribution in [0.25, 0.3) is 10.8 Å². The molecule has 0 fully saturated rings. The summed E-state index contributed by atoms with van der Waals surface area (Å²) >= 11 is 2.71. The van der Waals surface area contributed by atoms with Crippen molar-refractivity contribution in [1.29, 1.82) is 0 Å². The summed E-state index contributed by atoms with van der Waals surface area (Å²) in [4.78, 5) is 24.0. The molecule has 0 heterocycles. The van der Waals surface area contributed by atoms with Gasteiger partial charge in [0.05, 0.1) is 30.4 Å². The fourth-order valence-corrected chi connectivity index (χ4v) is 5.41. The summed E-state index contributed by atoms with van der Waals surface area (Å²) in [5, 5.41) is 24.4. The first-order valence-electron chi connectivity index (χ1n) is 9.76. The van der Waals surface area contributed by atoms with Crippen molar-refractivity contribution in [2.45, 2.75) is 21.3 Å². The molecule has 0 unspecified atom stereocenters. The van der Waals surface area contributed by atoms with Crippen LogP contribution in [-0.4, -0.2) is 9.85 Å². The summed E-state index contributed by atoms with van der Waals surface area (Å²) < 4.78 is 0. The van der Waals surface area contributed by atoms with Crippen molar-refractivity contribution < 1.29 is 9.85 Å². The lowest BCUT2D eigenvalue weighted by molar-refractivity contribution is -0.387. The fraction of sp³-hybridized carbons (Fsp3) is 0.0833. The van der Waals surface area contributed by atoms with Gasteiger partial charge in [-0.1, -0.05) is 60.7 Å². The van der Waals surface area contributed by atoms with Crippen molar-refractivity contribution in [3.8, 4) is 0 Å². The molecule has 0 spiro atoms. The number of benzene rings is 4. The van der Waals surface area contributed by atoms with Crippen LogP contribution in [-0.2, 0) is 11.5 Å². The van der Waals surface area contributed by atoms with Gasteiger partial charge < -0.3 is 0 Å². The predicted molar refractivity (Wildman–Crippen MR) is 129 cm³/mol. The maximum Gasteiger partial charge on any atom is 0.290 e. The Hall–Kier alpha value is -3.36. The van der Waals surface area contributed by atoms with Gasteiger partial charge in [0, 0.05) is 11.5 Å². The van der Waals surface area contributed by atoms with Crippen LogP contribution in [0.15, 0.2) is 94.7 Å². The van der Waals surface area contributed by atoms with Crippen LogP contribution in [0.1, 0.15) is 11.1 Å². The van der Waals surface area contributed by atoms with Crippen molar-refractivity contribution in [1.82, 2.24) is 0 Å². The van der Waals surface area contributed by atoms with Crippen LogP contribution in [0, 0.1) is 20.2 Å². The minimum absolute atomic E-state index is 0.0915. The second kappa shape index (κ2) is 9.84. The van der Waals surface area contributed by atoms with Gasteiger partial charge in [0.15, 0.2) is 0 Å². The maximum atomic E-state index is 11.9. The monoisotopic (exact) mass is 462 g/mol. The van der Waals surface area contributed by atoms with Gasteiger partial charge in [0.2, 0.25) is 0 Å². The van der Waals surface area contributed by atoms with Crippen molar-refractivity contribution in [2.24, 2.45) is 0 Å². The van der Waals surface area contributed by atoms with Crippen LogP contribution in [0.4, 0.5) is 11.4 Å². The lowest BCUT2D eigenvalue weighted by Gasteiger charge is -2.10. The molecule has 6 nitrogen and oxygen atoms in total. The van der Waals surface area contributed by atoms with Crippen LogP contribution in [0.5, 0.6) is 0 Å². The summed E-state index contributed by atoms with van der Waals surface area (Å²) in [6, 6.07) is 25.8. The van der Waals surface area contributed by atoms with Crippen LogP contribution >= 0.6 is 23.5 Å². The topological polar surface area (TPSA) is 86.3 Å². The fourth-order valence-electron chi connectivity index (χ4n) is 3.41. The molecule has 0 aliphatic carbocycles. The van der Waals surface area contributed by atoms with E-state index in [0.29, 0.717) is 21.3 Å². The Morgan fingerprint density at radius 2 is 0.938 bits per heavy atom. The Labute approximate surface area is 193 Å². The lowest BCUT2D eigenvalue weighted by atomic mass is 10.1. The zero-order chi connectivity index (χ0) is 22.5. The Morgan fingerprint density at radius 3 is 1.28 bits per heavy atom. The summed E-state index contributed by atoms with van der Waals surface area (Å²) in [6.45, 7) is 0. The van der Waals surface area contributed by atoms with E-state index in [2.05, 4.69) is 0 Å². The molecule has 4 aromatic rings. The third-order valence-electron chi connectivity index (χ3n) is 4.91. The SMILES string of the molecule is O=[N+]([O-])c1c(SCc2ccccc2)ccc2c([N+](=O)[O-])c(SCc3ccccc3)ccc12. The molecule has 0 aliphatic rings. The molecule has 8 heteroatoms. The number of thioether (sulfide) groups is 2. The molecule has 0 atom stereocenters. The molecular formula is C24H18N2O4S2. The number of hydrogen-bond acceptors (Lipinski definition) is 6. The number of nitro benzene ring substituents is 2. The first-order valence-corrected chi connectivity index (χ1v) is 11.7. The normalized spacial score (nSPS) is 10.9. The lowest BCUT2D eigenvalue weighted by Crippen LogP contribution is -1.97. The molecule has 0 saturated heterocycles. The van der Waals surface area contributed by atoms with Crippen molar-refractivity contribution in [3.63, 3.8) is 0 Å². The van der Waals surface area contributed by atoms with E-state index < -0.39 is 9.85 Å². The van der Waals surface area contributed by atoms with Gasteiger partial charge in [-0.05, 0) is 35.4 Å². The summed E-state index contributed by atoms with van der Waals surface area (Å²) in [7, 11) is 0. The van der Waals surface area contributed by atoms with E-state index in [-0.39, 0.29) is 22.1 Å². The first kappa shape index (κ1) is 21.9. The molecule has 0 radical (unpaired) electrons. The highest BCUT2D eigenvalue weighted by Crippen LogP contribution is 2.44. The van der Waals surface area contributed by atoms with Gasteiger partial charge >= 0.3 is 0 Å². The Balaban J connectivity index is 1.72. The quantitative estimate of drug-likeness (QED) is 0.156. The zero-order valence-electron chi connectivity index (χ0n) is 16.8. The van der Waals surface area contributed by atoms with Crippen LogP contribution in [0.3, 0.4) is 0 Å². The Kier molecular flexibility index (Phi) is 6.72. The third kappa shape index (κ3) is 4.76. The largest absolute Gasteiger partial charge is 0.290 e. The molecular weight excluding hydrogens is 444 g/mol. The van der Waals surface area contributed by atoms with Crippen molar-refractivity contribution in [3.05, 3.63) is 116 Å². The highest BCUT2D eigenvalue weighted by atomic mass is 32.2. The predicted octanol–water partition coefficient (Wildman–Crippen LogP) is 7.24. The second-order valence-electron chi connectivity index (χ2n) is 6.98. The van der Waals surface area contributed by atoms with Crippen LogP contribution in [0.2, 0.25) is 0 Å². The molecule has 0 bridgehead atoms. The highest BCUT2D eigenvalue weighted by molar-refractivity contribution is 7.99. The second-order valence-corrected chi connectivity index (χ2v) is 9.02. The number of fused-ring (bicyclic) bond motifs is 1. The van der Waals surface area contributed by atoms with Crippen molar-refractivity contribution >= 4 is 45.7 Å². The first-order chi connectivity index (χ1) is 15.5. The Morgan fingerprint density at radius 1 is 0.562 bits per heavy atom. The van der Waals surface area contributed by atoms with Gasteiger partial charge in [0.25, 0.3) is 11.4 Å². The van der Waals surface area contributed by atoms with E-state index in [4.69, 9.17) is 0 Å². The van der Waals surface area contributed by atoms with Gasteiger partial charge in [-0.3, -0.25) is 20.2 Å². The van der Waals surface area contributed by atoms with E-state index in [1.807, 2.05) is 60.7 Å². The molecule has 4 rings (SSSR count). The van der Waals surface area contributed by atoms with E-state index in [9.17, 15) is 20.2 Å². The molecule has 160 valence electrons. The van der Waals surface area contributed by atoms with Gasteiger partial charge in [-0.15, -0.1) is 23.5 Å². The van der Waals surface area contributed by atoms with Gasteiger partial charge in [-0.25, -0.2) is 0 Å². The molecule has 0 aromatic heterocycles. The molecule has 0 aliphatic heterocycles. The highest BCUT2D eigenvalue weighted by Gasteiger charge is 2.26. The van der Waals surface area contributed by atoms with E-state index in [1.165, 1.54) is 23.5 Å². The summed E-state index contributed by atoms with van der Waals surface area (Å²) in [5.41, 5.74) is 1.91. The summed E-state index contributed by atoms with van der Waals surface area (Å²) in [6.07, 6.45) is 0. The van der Waals surface area contributed by atoms with E-state index in [1.54, 1.807) is 24.3 Å². The smallest absolute Gasteiger partial charge is 0.258 e. The van der Waals surface area contributed by atoms with Gasteiger partial charge in [-0.2, -0.15) is 0 Å². The molecule has 4 aromatic carbocycles. The van der Waals surface area contributed by atoms with E-state index >= 15 is 0 Å².